The molecule has 10 rings (SSSR count). The summed E-state index contributed by atoms with van der Waals surface area (Å²) in [6.07, 6.45) is -0.170. The topological polar surface area (TPSA) is 46.2 Å². The van der Waals surface area contributed by atoms with E-state index in [1.165, 1.54) is 75.0 Å². The number of benzene rings is 8. The molecule has 0 aliphatic rings. The van der Waals surface area contributed by atoms with Crippen LogP contribution < -0.4 is 11.2 Å². The first-order valence-electron chi connectivity index (χ1n) is 18.5. The van der Waals surface area contributed by atoms with Crippen molar-refractivity contribution in [1.29, 1.82) is 0 Å². The van der Waals surface area contributed by atoms with Crippen LogP contribution in [0.4, 0.5) is 0 Å². The van der Waals surface area contributed by atoms with Crippen molar-refractivity contribution in [3.05, 3.63) is 199 Å². The highest BCUT2D eigenvalue weighted by atomic mass is 32.1. The summed E-state index contributed by atoms with van der Waals surface area (Å²) in [5.41, 5.74) is 9.44. The Balaban J connectivity index is 1.10. The predicted molar refractivity (Wildman–Crippen MR) is 229 cm³/mol. The molecule has 0 aliphatic carbocycles. The number of nitrogens with zero attached hydrogens (tertiary/aromatic N) is 2. The molecular weight excluding hydrogens is 677 g/mol. The van der Waals surface area contributed by atoms with E-state index in [9.17, 15) is 0 Å². The van der Waals surface area contributed by atoms with E-state index in [1.807, 2.05) is 28.5 Å². The maximum absolute atomic E-state index is 6.80. The molecule has 1 unspecified atom stereocenters. The molecule has 0 spiro atoms. The van der Waals surface area contributed by atoms with Gasteiger partial charge in [0.25, 0.3) is 0 Å². The average Bonchev–Trinajstić information content (AvgIpc) is 3.78. The largest absolute Gasteiger partial charge is 0.309 e. The van der Waals surface area contributed by atoms with Crippen LogP contribution in [0.1, 0.15) is 22.9 Å². The van der Waals surface area contributed by atoms with E-state index >= 15 is 0 Å². The van der Waals surface area contributed by atoms with Crippen LogP contribution in [0, 0.1) is 0 Å². The number of aromatic nitrogens is 1. The third kappa shape index (κ3) is 5.75. The SMILES string of the molecule is NN(Cc1ccccc1)C(NCc1cccc(-n2c3ccc(-c4ccccc4)cc3c3c4ccc5sc6ccccc6c5c4ccc32)c1)c1ccccc1. The molecule has 0 saturated heterocycles. The Labute approximate surface area is 318 Å². The van der Waals surface area contributed by atoms with E-state index in [2.05, 4.69) is 180 Å². The Kier molecular flexibility index (Phi) is 8.27. The van der Waals surface area contributed by atoms with Gasteiger partial charge in [-0.15, -0.1) is 11.3 Å². The zero-order valence-corrected chi connectivity index (χ0v) is 30.5. The third-order valence-electron chi connectivity index (χ3n) is 10.7. The molecule has 54 heavy (non-hydrogen) atoms. The second kappa shape index (κ2) is 13.7. The van der Waals surface area contributed by atoms with E-state index in [1.54, 1.807) is 0 Å². The standard InChI is InChI=1S/C49H38N4S/c50-52(32-33-13-4-1-5-14-33)49(36-18-8-3-9-19-36)51-31-34-15-12-20-38(29-34)53-43-26-23-37(35-16-6-2-7-17-35)30-42(43)47-39-25-28-46-48(40(39)24-27-44(47)53)41-21-10-11-22-45(41)54-46/h1-30,49,51H,31-32,50H2. The number of nitrogens with two attached hydrogens (primary N) is 1. The quantitative estimate of drug-likeness (QED) is 0.0889. The van der Waals surface area contributed by atoms with Crippen molar-refractivity contribution >= 4 is 64.1 Å². The summed E-state index contributed by atoms with van der Waals surface area (Å²) in [6, 6.07) is 65.6. The Hall–Kier alpha value is -6.08. The molecule has 3 N–H and O–H groups in total. The highest BCUT2D eigenvalue weighted by molar-refractivity contribution is 7.26. The molecule has 2 aromatic heterocycles. The molecule has 1 atom stereocenters. The number of fused-ring (bicyclic) bond motifs is 9. The molecule has 260 valence electrons. The van der Waals surface area contributed by atoms with E-state index in [4.69, 9.17) is 5.84 Å². The van der Waals surface area contributed by atoms with E-state index < -0.39 is 0 Å². The highest BCUT2D eigenvalue weighted by Crippen LogP contribution is 2.44. The molecule has 10 aromatic rings. The number of rotatable bonds is 9. The lowest BCUT2D eigenvalue weighted by atomic mass is 9.98. The number of nitrogens with one attached hydrogen (secondary N) is 1. The van der Waals surface area contributed by atoms with E-state index in [0.717, 1.165) is 11.3 Å². The van der Waals surface area contributed by atoms with Gasteiger partial charge in [0.1, 0.15) is 0 Å². The summed E-state index contributed by atoms with van der Waals surface area (Å²) in [5, 5.41) is 13.5. The van der Waals surface area contributed by atoms with Crippen molar-refractivity contribution in [2.75, 3.05) is 0 Å². The molecule has 0 saturated carbocycles. The number of hydrogen-bond donors (Lipinski definition) is 2. The molecular formula is C49H38N4S. The lowest BCUT2D eigenvalue weighted by molar-refractivity contribution is 0.158. The van der Waals surface area contributed by atoms with E-state index in [0.29, 0.717) is 13.1 Å². The number of thiophene rings is 1. The first-order chi connectivity index (χ1) is 26.7. The Bertz CT molecular complexity index is 2930. The molecule has 4 nitrogen and oxygen atoms in total. The van der Waals surface area contributed by atoms with Crippen LogP contribution >= 0.6 is 11.3 Å². The van der Waals surface area contributed by atoms with Crippen LogP contribution in [0.5, 0.6) is 0 Å². The lowest BCUT2D eigenvalue weighted by Crippen LogP contribution is -2.42. The van der Waals surface area contributed by atoms with Gasteiger partial charge < -0.3 is 4.57 Å². The van der Waals surface area contributed by atoms with Crippen molar-refractivity contribution in [2.45, 2.75) is 19.3 Å². The van der Waals surface area contributed by atoms with Gasteiger partial charge in [-0.3, -0.25) is 11.2 Å². The van der Waals surface area contributed by atoms with Crippen LogP contribution in [-0.2, 0) is 13.1 Å². The van der Waals surface area contributed by atoms with Gasteiger partial charge in [-0.25, -0.2) is 5.01 Å². The van der Waals surface area contributed by atoms with Crippen LogP contribution in [-0.4, -0.2) is 9.58 Å². The van der Waals surface area contributed by atoms with Crippen molar-refractivity contribution in [3.8, 4) is 16.8 Å². The first-order valence-corrected chi connectivity index (χ1v) is 19.3. The third-order valence-corrected chi connectivity index (χ3v) is 11.8. The van der Waals surface area contributed by atoms with Crippen LogP contribution in [0.3, 0.4) is 0 Å². The minimum atomic E-state index is -0.170. The van der Waals surface area contributed by atoms with Crippen molar-refractivity contribution in [2.24, 2.45) is 5.84 Å². The van der Waals surface area contributed by atoms with Crippen molar-refractivity contribution in [1.82, 2.24) is 14.9 Å². The monoisotopic (exact) mass is 714 g/mol. The number of hydrazine groups is 1. The Morgan fingerprint density at radius 1 is 0.519 bits per heavy atom. The molecule has 0 radical (unpaired) electrons. The van der Waals surface area contributed by atoms with Crippen molar-refractivity contribution in [3.63, 3.8) is 0 Å². The van der Waals surface area contributed by atoms with Gasteiger partial charge in [0.15, 0.2) is 0 Å². The zero-order chi connectivity index (χ0) is 36.0. The van der Waals surface area contributed by atoms with Gasteiger partial charge >= 0.3 is 0 Å². The molecule has 0 aliphatic heterocycles. The molecule has 0 fully saturated rings. The van der Waals surface area contributed by atoms with Gasteiger partial charge in [0.2, 0.25) is 0 Å². The van der Waals surface area contributed by atoms with Gasteiger partial charge in [0, 0.05) is 49.7 Å². The number of hydrogen-bond acceptors (Lipinski definition) is 4. The minimum Gasteiger partial charge on any atom is -0.309 e. The molecule has 8 aromatic carbocycles. The molecule has 0 amide bonds. The second-order valence-corrected chi connectivity index (χ2v) is 15.1. The Morgan fingerprint density at radius 2 is 1.20 bits per heavy atom. The summed E-state index contributed by atoms with van der Waals surface area (Å²) in [5.74, 6) is 6.80. The fourth-order valence-corrected chi connectivity index (χ4v) is 9.33. The first kappa shape index (κ1) is 32.6. The molecule has 5 heteroatoms. The summed E-state index contributed by atoms with van der Waals surface area (Å²) in [7, 11) is 0. The van der Waals surface area contributed by atoms with Gasteiger partial charge in [-0.1, -0.05) is 140 Å². The average molecular weight is 715 g/mol. The smallest absolute Gasteiger partial charge is 0.0996 e. The summed E-state index contributed by atoms with van der Waals surface area (Å²) < 4.78 is 5.09. The maximum atomic E-state index is 6.80. The van der Waals surface area contributed by atoms with Gasteiger partial charge in [-0.2, -0.15) is 0 Å². The van der Waals surface area contributed by atoms with Gasteiger partial charge in [-0.05, 0) is 81.1 Å². The second-order valence-electron chi connectivity index (χ2n) is 14.0. The van der Waals surface area contributed by atoms with Gasteiger partial charge in [0.05, 0.1) is 17.2 Å². The van der Waals surface area contributed by atoms with Crippen LogP contribution in [0.25, 0.3) is 69.6 Å². The normalized spacial score (nSPS) is 12.5. The lowest BCUT2D eigenvalue weighted by Gasteiger charge is -2.29. The van der Waals surface area contributed by atoms with Crippen molar-refractivity contribution < 1.29 is 0 Å². The minimum absolute atomic E-state index is 0.170. The van der Waals surface area contributed by atoms with Crippen LogP contribution in [0.15, 0.2) is 182 Å². The summed E-state index contributed by atoms with van der Waals surface area (Å²) >= 11 is 1.87. The highest BCUT2D eigenvalue weighted by Gasteiger charge is 2.20. The summed E-state index contributed by atoms with van der Waals surface area (Å²) in [6.45, 7) is 1.28. The molecule has 0 bridgehead atoms. The predicted octanol–water partition coefficient (Wildman–Crippen LogP) is 12.1. The van der Waals surface area contributed by atoms with Crippen LogP contribution in [0.2, 0.25) is 0 Å². The fraction of sp³-hybridized carbons (Fsp3) is 0.0612. The van der Waals surface area contributed by atoms with E-state index in [-0.39, 0.29) is 6.17 Å². The zero-order valence-electron chi connectivity index (χ0n) is 29.7. The molecule has 2 heterocycles. The maximum Gasteiger partial charge on any atom is 0.0996 e. The fourth-order valence-electron chi connectivity index (χ4n) is 8.20. The summed E-state index contributed by atoms with van der Waals surface area (Å²) in [4.78, 5) is 0. The Morgan fingerprint density at radius 3 is 2.04 bits per heavy atom.